The zero-order valence-electron chi connectivity index (χ0n) is 11.8. The summed E-state index contributed by atoms with van der Waals surface area (Å²) in [6.45, 7) is 2.83. The highest BCUT2D eigenvalue weighted by molar-refractivity contribution is 7.18. The maximum absolute atomic E-state index is 13.5. The van der Waals surface area contributed by atoms with E-state index < -0.39 is 0 Å². The maximum atomic E-state index is 13.5. The summed E-state index contributed by atoms with van der Waals surface area (Å²) in [4.78, 5) is 4.64. The fourth-order valence-corrected chi connectivity index (χ4v) is 3.28. The van der Waals surface area contributed by atoms with E-state index in [0.29, 0.717) is 6.42 Å². The van der Waals surface area contributed by atoms with Gasteiger partial charge in [-0.05, 0) is 43.7 Å². The van der Waals surface area contributed by atoms with Crippen LogP contribution < -0.4 is 5.32 Å². The zero-order chi connectivity index (χ0) is 14.7. The van der Waals surface area contributed by atoms with Crippen LogP contribution in [0.15, 0.2) is 48.5 Å². The van der Waals surface area contributed by atoms with Gasteiger partial charge in [0.2, 0.25) is 0 Å². The highest BCUT2D eigenvalue weighted by Gasteiger charge is 2.11. The smallest absolute Gasteiger partial charge is 0.126 e. The molecular formula is C17H17FN2S. The highest BCUT2D eigenvalue weighted by Crippen LogP contribution is 2.25. The number of halogens is 1. The van der Waals surface area contributed by atoms with E-state index in [-0.39, 0.29) is 11.9 Å². The lowest BCUT2D eigenvalue weighted by atomic mass is 10.1. The molecule has 0 aliphatic heterocycles. The largest absolute Gasteiger partial charge is 0.308 e. The Morgan fingerprint density at radius 3 is 2.71 bits per heavy atom. The van der Waals surface area contributed by atoms with Crippen molar-refractivity contribution in [3.05, 3.63) is 64.9 Å². The minimum Gasteiger partial charge on any atom is -0.308 e. The predicted octanol–water partition coefficient (Wildman–Crippen LogP) is 4.33. The Kier molecular flexibility index (Phi) is 4.27. The fourth-order valence-electron chi connectivity index (χ4n) is 2.29. The number of nitrogens with one attached hydrogen (secondary N) is 1. The van der Waals surface area contributed by atoms with Gasteiger partial charge in [-0.15, -0.1) is 11.3 Å². The minimum absolute atomic E-state index is 0.132. The van der Waals surface area contributed by atoms with Crippen LogP contribution in [0.5, 0.6) is 0 Å². The van der Waals surface area contributed by atoms with Gasteiger partial charge in [0, 0.05) is 0 Å². The van der Waals surface area contributed by atoms with Crippen molar-refractivity contribution in [1.82, 2.24) is 10.3 Å². The average Bonchev–Trinajstić information content (AvgIpc) is 2.93. The molecule has 1 heterocycles. The molecule has 1 aromatic heterocycles. The van der Waals surface area contributed by atoms with Crippen molar-refractivity contribution in [3.63, 3.8) is 0 Å². The molecule has 21 heavy (non-hydrogen) atoms. The Labute approximate surface area is 127 Å². The van der Waals surface area contributed by atoms with Crippen LogP contribution in [0.25, 0.3) is 10.2 Å². The van der Waals surface area contributed by atoms with E-state index in [0.717, 1.165) is 22.6 Å². The van der Waals surface area contributed by atoms with E-state index in [1.807, 2.05) is 30.3 Å². The second kappa shape index (κ2) is 6.33. The second-order valence-corrected chi connectivity index (χ2v) is 6.10. The van der Waals surface area contributed by atoms with Crippen molar-refractivity contribution in [1.29, 1.82) is 0 Å². The molecule has 0 aliphatic carbocycles. The molecule has 0 radical (unpaired) electrons. The minimum atomic E-state index is -0.132. The number of thiazole rings is 1. The summed E-state index contributed by atoms with van der Waals surface area (Å²) in [6.07, 6.45) is 0.682. The van der Waals surface area contributed by atoms with Gasteiger partial charge in [-0.25, -0.2) is 9.37 Å². The van der Waals surface area contributed by atoms with Crippen LogP contribution in [0.3, 0.4) is 0 Å². The molecule has 2 aromatic carbocycles. The topological polar surface area (TPSA) is 24.9 Å². The average molecular weight is 300 g/mol. The molecule has 108 valence electrons. The Hall–Kier alpha value is -1.78. The first-order valence-corrected chi connectivity index (χ1v) is 7.88. The van der Waals surface area contributed by atoms with Crippen LogP contribution in [0.1, 0.15) is 23.5 Å². The number of benzene rings is 2. The Morgan fingerprint density at radius 1 is 1.14 bits per heavy atom. The molecule has 2 nitrogen and oxygen atoms in total. The number of fused-ring (bicyclic) bond motifs is 1. The lowest BCUT2D eigenvalue weighted by Gasteiger charge is -2.11. The first-order chi connectivity index (χ1) is 10.2. The normalized spacial score (nSPS) is 12.7. The maximum Gasteiger partial charge on any atom is 0.126 e. The van der Waals surface area contributed by atoms with Crippen LogP contribution in [0.2, 0.25) is 0 Å². The van der Waals surface area contributed by atoms with Crippen molar-refractivity contribution in [2.45, 2.75) is 19.4 Å². The van der Waals surface area contributed by atoms with Crippen LogP contribution in [-0.2, 0) is 6.42 Å². The molecular weight excluding hydrogens is 283 g/mol. The van der Waals surface area contributed by atoms with E-state index in [1.165, 1.54) is 10.8 Å². The number of nitrogens with zero attached hydrogens (tertiary/aromatic N) is 1. The number of para-hydroxylation sites is 1. The van der Waals surface area contributed by atoms with Crippen molar-refractivity contribution in [3.8, 4) is 0 Å². The predicted molar refractivity (Wildman–Crippen MR) is 86.1 cm³/mol. The summed E-state index contributed by atoms with van der Waals surface area (Å²) < 4.78 is 14.7. The third kappa shape index (κ3) is 3.28. The van der Waals surface area contributed by atoms with E-state index in [4.69, 9.17) is 0 Å². The fraction of sp³-hybridized carbons (Fsp3) is 0.235. The van der Waals surface area contributed by atoms with Crippen LogP contribution in [0.4, 0.5) is 4.39 Å². The summed E-state index contributed by atoms with van der Waals surface area (Å²) in [5.41, 5.74) is 1.79. The highest BCUT2D eigenvalue weighted by atomic mass is 32.1. The first-order valence-electron chi connectivity index (χ1n) is 7.06. The first kappa shape index (κ1) is 14.2. The monoisotopic (exact) mass is 300 g/mol. The Bertz CT molecular complexity index is 705. The van der Waals surface area contributed by atoms with Crippen molar-refractivity contribution in [2.24, 2.45) is 0 Å². The van der Waals surface area contributed by atoms with E-state index in [1.54, 1.807) is 17.4 Å². The Balaban J connectivity index is 1.61. The molecule has 3 aromatic rings. The summed E-state index contributed by atoms with van der Waals surface area (Å²) in [5.74, 6) is -0.132. The lowest BCUT2D eigenvalue weighted by Crippen LogP contribution is -2.21. The quantitative estimate of drug-likeness (QED) is 0.758. The molecule has 0 saturated carbocycles. The number of hydrogen-bond acceptors (Lipinski definition) is 3. The van der Waals surface area contributed by atoms with Gasteiger partial charge in [0.1, 0.15) is 10.8 Å². The Morgan fingerprint density at radius 2 is 1.90 bits per heavy atom. The summed E-state index contributed by atoms with van der Waals surface area (Å²) in [6, 6.07) is 15.2. The third-order valence-electron chi connectivity index (χ3n) is 3.48. The van der Waals surface area contributed by atoms with Gasteiger partial charge < -0.3 is 5.32 Å². The van der Waals surface area contributed by atoms with E-state index in [9.17, 15) is 4.39 Å². The van der Waals surface area contributed by atoms with Crippen molar-refractivity contribution in [2.75, 3.05) is 6.54 Å². The molecule has 4 heteroatoms. The van der Waals surface area contributed by atoms with Gasteiger partial charge in [0.05, 0.1) is 16.3 Å². The molecule has 0 saturated heterocycles. The molecule has 0 bridgehead atoms. The number of rotatable bonds is 5. The van der Waals surface area contributed by atoms with Gasteiger partial charge in [-0.2, -0.15) is 0 Å². The van der Waals surface area contributed by atoms with Crippen molar-refractivity contribution >= 4 is 21.6 Å². The molecule has 1 unspecified atom stereocenters. The zero-order valence-corrected chi connectivity index (χ0v) is 12.7. The number of hydrogen-bond donors (Lipinski definition) is 1. The van der Waals surface area contributed by atoms with Gasteiger partial charge in [-0.3, -0.25) is 0 Å². The van der Waals surface area contributed by atoms with Gasteiger partial charge in [0.15, 0.2) is 0 Å². The summed E-state index contributed by atoms with van der Waals surface area (Å²) in [7, 11) is 0. The standard InChI is InChI=1S/C17H17FN2S/c1-12(17-20-15-8-4-5-9-16(15)21-17)19-11-10-13-6-2-3-7-14(13)18/h2-9,12,19H,10-11H2,1H3. The molecule has 1 N–H and O–H groups in total. The SMILES string of the molecule is CC(NCCc1ccccc1F)c1nc2ccccc2s1. The molecule has 0 amide bonds. The molecule has 1 atom stereocenters. The molecule has 0 spiro atoms. The lowest BCUT2D eigenvalue weighted by molar-refractivity contribution is 0.558. The van der Waals surface area contributed by atoms with Crippen LogP contribution in [-0.4, -0.2) is 11.5 Å². The van der Waals surface area contributed by atoms with E-state index in [2.05, 4.69) is 23.3 Å². The second-order valence-electron chi connectivity index (χ2n) is 5.04. The summed E-state index contributed by atoms with van der Waals surface area (Å²) in [5, 5.41) is 4.49. The van der Waals surface area contributed by atoms with E-state index >= 15 is 0 Å². The van der Waals surface area contributed by atoms with Gasteiger partial charge in [-0.1, -0.05) is 30.3 Å². The van der Waals surface area contributed by atoms with Gasteiger partial charge in [0.25, 0.3) is 0 Å². The van der Waals surface area contributed by atoms with Gasteiger partial charge >= 0.3 is 0 Å². The summed E-state index contributed by atoms with van der Waals surface area (Å²) >= 11 is 1.71. The van der Waals surface area contributed by atoms with Crippen LogP contribution in [0, 0.1) is 5.82 Å². The van der Waals surface area contributed by atoms with Crippen LogP contribution >= 0.6 is 11.3 Å². The molecule has 0 aliphatic rings. The molecule has 0 fully saturated rings. The molecule has 3 rings (SSSR count). The van der Waals surface area contributed by atoms with Crippen molar-refractivity contribution < 1.29 is 4.39 Å². The third-order valence-corrected chi connectivity index (χ3v) is 4.70. The number of aromatic nitrogens is 1.